The maximum atomic E-state index is 5.88. The maximum Gasteiger partial charge on any atom is 0.120 e. The molecule has 0 bridgehead atoms. The number of rotatable bonds is 7. The van der Waals surface area contributed by atoms with E-state index in [0.29, 0.717) is 17.5 Å². The lowest BCUT2D eigenvalue weighted by molar-refractivity contribution is 0.307. The summed E-state index contributed by atoms with van der Waals surface area (Å²) in [4.78, 5) is 4.42. The molecule has 0 fully saturated rings. The lowest BCUT2D eigenvalue weighted by Crippen LogP contribution is -1.98. The summed E-state index contributed by atoms with van der Waals surface area (Å²) in [5, 5.41) is 3.87. The topological polar surface area (TPSA) is 22.1 Å². The second-order valence-corrected chi connectivity index (χ2v) is 5.78. The molecule has 0 spiro atoms. The summed E-state index contributed by atoms with van der Waals surface area (Å²) in [6, 6.07) is 7.47. The maximum absolute atomic E-state index is 5.88. The predicted octanol–water partition coefficient (Wildman–Crippen LogP) is 4.94. The zero-order valence-corrected chi connectivity index (χ0v) is 12.8. The number of unbranched alkanes of at least 4 members (excludes halogenated alkanes) is 1. The molecule has 0 unspecified atom stereocenters. The van der Waals surface area contributed by atoms with Crippen molar-refractivity contribution in [1.82, 2.24) is 4.98 Å². The van der Waals surface area contributed by atoms with E-state index in [1.54, 1.807) is 11.3 Å². The zero-order valence-electron chi connectivity index (χ0n) is 10.4. The van der Waals surface area contributed by atoms with Crippen molar-refractivity contribution in [3.05, 3.63) is 45.4 Å². The second kappa shape index (κ2) is 7.73. The minimum Gasteiger partial charge on any atom is -0.494 e. The number of aromatic nitrogens is 1. The first-order valence-corrected chi connectivity index (χ1v) is 7.95. The molecular formula is C14H15Cl2NOS. The molecule has 2 rings (SSSR count). The number of hydrogen-bond donors (Lipinski definition) is 0. The minimum absolute atomic E-state index is 0.494. The van der Waals surface area contributed by atoms with Gasteiger partial charge in [-0.1, -0.05) is 17.7 Å². The summed E-state index contributed by atoms with van der Waals surface area (Å²) >= 11 is 13.3. The molecule has 0 aliphatic carbocycles. The van der Waals surface area contributed by atoms with Gasteiger partial charge in [-0.3, -0.25) is 0 Å². The van der Waals surface area contributed by atoms with Gasteiger partial charge in [0.2, 0.25) is 0 Å². The van der Waals surface area contributed by atoms with Crippen LogP contribution >= 0.6 is 34.5 Å². The van der Waals surface area contributed by atoms with E-state index >= 15 is 0 Å². The van der Waals surface area contributed by atoms with Crippen LogP contribution in [0.2, 0.25) is 5.02 Å². The third kappa shape index (κ3) is 5.01. The number of nitrogens with zero attached hydrogens (tertiary/aromatic N) is 1. The molecule has 0 N–H and O–H groups in total. The molecule has 1 aromatic carbocycles. The standard InChI is InChI=1S/C14H15Cl2NOS/c15-9-12-10-19-14(17-12)6-1-2-7-18-13-5-3-4-11(16)8-13/h3-5,8,10H,1-2,6-7,9H2. The first-order valence-electron chi connectivity index (χ1n) is 6.15. The molecule has 2 nitrogen and oxygen atoms in total. The Labute approximate surface area is 127 Å². The summed E-state index contributed by atoms with van der Waals surface area (Å²) in [6.45, 7) is 0.702. The Morgan fingerprint density at radius 1 is 1.26 bits per heavy atom. The number of benzene rings is 1. The largest absolute Gasteiger partial charge is 0.494 e. The van der Waals surface area contributed by atoms with Gasteiger partial charge < -0.3 is 4.74 Å². The molecular weight excluding hydrogens is 301 g/mol. The van der Waals surface area contributed by atoms with Crippen molar-refractivity contribution in [2.24, 2.45) is 0 Å². The molecule has 0 amide bonds. The van der Waals surface area contributed by atoms with Crippen molar-refractivity contribution in [1.29, 1.82) is 0 Å². The molecule has 0 saturated heterocycles. The Kier molecular flexibility index (Phi) is 5.95. The molecule has 0 saturated carbocycles. The highest BCUT2D eigenvalue weighted by molar-refractivity contribution is 7.09. The van der Waals surface area contributed by atoms with Crippen LogP contribution in [0.25, 0.3) is 0 Å². The van der Waals surface area contributed by atoms with Crippen LogP contribution in [0.3, 0.4) is 0 Å². The van der Waals surface area contributed by atoms with E-state index in [4.69, 9.17) is 27.9 Å². The Balaban J connectivity index is 1.64. The third-order valence-corrected chi connectivity index (χ3v) is 4.05. The smallest absolute Gasteiger partial charge is 0.120 e. The van der Waals surface area contributed by atoms with E-state index in [1.165, 1.54) is 0 Å². The molecule has 1 aromatic heterocycles. The molecule has 2 aromatic rings. The fourth-order valence-electron chi connectivity index (χ4n) is 1.65. The summed E-state index contributed by atoms with van der Waals surface area (Å²) in [7, 11) is 0. The lowest BCUT2D eigenvalue weighted by atomic mass is 10.2. The van der Waals surface area contributed by atoms with E-state index in [-0.39, 0.29) is 0 Å². The minimum atomic E-state index is 0.494. The molecule has 0 radical (unpaired) electrons. The second-order valence-electron chi connectivity index (χ2n) is 4.13. The number of halogens is 2. The van der Waals surface area contributed by atoms with E-state index in [0.717, 1.165) is 35.7 Å². The Morgan fingerprint density at radius 3 is 2.89 bits per heavy atom. The van der Waals surface area contributed by atoms with Gasteiger partial charge in [-0.25, -0.2) is 4.98 Å². The summed E-state index contributed by atoms with van der Waals surface area (Å²) in [6.07, 6.45) is 3.05. The highest BCUT2D eigenvalue weighted by Gasteiger charge is 2.01. The molecule has 5 heteroatoms. The highest BCUT2D eigenvalue weighted by Crippen LogP contribution is 2.18. The number of thiazole rings is 1. The van der Waals surface area contributed by atoms with Crippen LogP contribution in [0.15, 0.2) is 29.6 Å². The van der Waals surface area contributed by atoms with Crippen LogP contribution in [-0.4, -0.2) is 11.6 Å². The number of aryl methyl sites for hydroxylation is 1. The van der Waals surface area contributed by atoms with Crippen LogP contribution in [0.4, 0.5) is 0 Å². The predicted molar refractivity (Wildman–Crippen MR) is 81.6 cm³/mol. The number of ether oxygens (including phenoxy) is 1. The van der Waals surface area contributed by atoms with E-state index in [1.807, 2.05) is 29.6 Å². The number of hydrogen-bond acceptors (Lipinski definition) is 3. The van der Waals surface area contributed by atoms with Crippen molar-refractivity contribution in [3.8, 4) is 5.75 Å². The van der Waals surface area contributed by atoms with Crippen molar-refractivity contribution < 1.29 is 4.74 Å². The van der Waals surface area contributed by atoms with Crippen LogP contribution < -0.4 is 4.74 Å². The van der Waals surface area contributed by atoms with Crippen LogP contribution in [0.1, 0.15) is 23.5 Å². The van der Waals surface area contributed by atoms with Gasteiger partial charge in [0.1, 0.15) is 5.75 Å². The average molecular weight is 316 g/mol. The van der Waals surface area contributed by atoms with Gasteiger partial charge in [-0.05, 0) is 37.5 Å². The SMILES string of the molecule is ClCc1csc(CCCCOc2cccc(Cl)c2)n1. The highest BCUT2D eigenvalue weighted by atomic mass is 35.5. The molecule has 1 heterocycles. The third-order valence-electron chi connectivity index (χ3n) is 2.59. The van der Waals surface area contributed by atoms with Gasteiger partial charge in [0.15, 0.2) is 0 Å². The van der Waals surface area contributed by atoms with E-state index < -0.39 is 0 Å². The van der Waals surface area contributed by atoms with Gasteiger partial charge in [0, 0.05) is 10.4 Å². The van der Waals surface area contributed by atoms with Gasteiger partial charge in [0.05, 0.1) is 23.2 Å². The van der Waals surface area contributed by atoms with Crippen molar-refractivity contribution in [2.75, 3.05) is 6.61 Å². The summed E-state index contributed by atoms with van der Waals surface area (Å²) in [5.41, 5.74) is 0.969. The summed E-state index contributed by atoms with van der Waals surface area (Å²) < 4.78 is 5.63. The van der Waals surface area contributed by atoms with Crippen LogP contribution in [0, 0.1) is 0 Å². The first kappa shape index (κ1) is 14.6. The Morgan fingerprint density at radius 2 is 2.16 bits per heavy atom. The van der Waals surface area contributed by atoms with Crippen LogP contribution in [-0.2, 0) is 12.3 Å². The van der Waals surface area contributed by atoms with Gasteiger partial charge >= 0.3 is 0 Å². The van der Waals surface area contributed by atoms with Crippen LogP contribution in [0.5, 0.6) is 5.75 Å². The molecule has 0 atom stereocenters. The van der Waals surface area contributed by atoms with Gasteiger partial charge in [0.25, 0.3) is 0 Å². The monoisotopic (exact) mass is 315 g/mol. The van der Waals surface area contributed by atoms with Crippen molar-refractivity contribution >= 4 is 34.5 Å². The van der Waals surface area contributed by atoms with Gasteiger partial charge in [-0.2, -0.15) is 0 Å². The number of alkyl halides is 1. The fourth-order valence-corrected chi connectivity index (χ4v) is 2.90. The van der Waals surface area contributed by atoms with E-state index in [2.05, 4.69) is 4.98 Å². The first-order chi connectivity index (χ1) is 9.28. The summed E-state index contributed by atoms with van der Waals surface area (Å²) in [5.74, 6) is 1.32. The fraction of sp³-hybridized carbons (Fsp3) is 0.357. The zero-order chi connectivity index (χ0) is 13.5. The average Bonchev–Trinajstić information content (AvgIpc) is 2.86. The Bertz CT molecular complexity index is 516. The normalized spacial score (nSPS) is 10.6. The van der Waals surface area contributed by atoms with Crippen molar-refractivity contribution in [3.63, 3.8) is 0 Å². The molecule has 0 aliphatic heterocycles. The molecule has 19 heavy (non-hydrogen) atoms. The molecule has 102 valence electrons. The Hall–Kier alpha value is -0.770. The van der Waals surface area contributed by atoms with Gasteiger partial charge in [-0.15, -0.1) is 22.9 Å². The molecule has 0 aliphatic rings. The van der Waals surface area contributed by atoms with E-state index in [9.17, 15) is 0 Å². The quantitative estimate of drug-likeness (QED) is 0.533. The lowest BCUT2D eigenvalue weighted by Gasteiger charge is -2.05. The van der Waals surface area contributed by atoms with Crippen molar-refractivity contribution in [2.45, 2.75) is 25.1 Å².